The monoisotopic (exact) mass is 251 g/mol. The number of halogens is 1. The molecule has 2 rings (SSSR count). The van der Waals surface area contributed by atoms with Gasteiger partial charge in [-0.05, 0) is 36.0 Å². The van der Waals surface area contributed by atoms with Crippen LogP contribution in [0.1, 0.15) is 10.4 Å². The molecule has 0 spiro atoms. The molecule has 2 nitrogen and oxygen atoms in total. The Morgan fingerprint density at radius 3 is 2.82 bits per heavy atom. The molecule has 0 amide bonds. The van der Waals surface area contributed by atoms with Gasteiger partial charge in [0.1, 0.15) is 6.61 Å². The van der Waals surface area contributed by atoms with Crippen LogP contribution in [-0.2, 0) is 13.0 Å². The maximum absolute atomic E-state index is 13.6. The minimum Gasteiger partial charge on any atom is -0.485 e. The second-order valence-electron chi connectivity index (χ2n) is 3.63. The van der Waals surface area contributed by atoms with Crippen LogP contribution in [0.2, 0.25) is 0 Å². The first kappa shape index (κ1) is 12.1. The summed E-state index contributed by atoms with van der Waals surface area (Å²) >= 11 is 1.60. The fraction of sp³-hybridized carbons (Fsp3) is 0.231. The summed E-state index contributed by atoms with van der Waals surface area (Å²) in [6, 6.07) is 8.85. The van der Waals surface area contributed by atoms with Crippen molar-refractivity contribution < 1.29 is 9.13 Å². The molecule has 0 saturated carbocycles. The molecule has 2 aromatic rings. The standard InChI is InChI=1S/C13H14FNOS/c14-12-5-1-3-10(6-7-15)13(12)16-9-11-4-2-8-17-11/h1-5,8H,6-7,9,15H2. The Labute approximate surface area is 104 Å². The summed E-state index contributed by atoms with van der Waals surface area (Å²) in [5.74, 6) is -0.00106. The molecule has 0 radical (unpaired) electrons. The van der Waals surface area contributed by atoms with E-state index in [2.05, 4.69) is 0 Å². The van der Waals surface area contributed by atoms with Gasteiger partial charge in [-0.3, -0.25) is 0 Å². The zero-order valence-corrected chi connectivity index (χ0v) is 10.2. The third-order valence-electron chi connectivity index (χ3n) is 2.40. The number of para-hydroxylation sites is 1. The van der Waals surface area contributed by atoms with E-state index in [1.54, 1.807) is 17.4 Å². The smallest absolute Gasteiger partial charge is 0.165 e. The summed E-state index contributed by atoms with van der Waals surface area (Å²) in [6.07, 6.45) is 0.623. The van der Waals surface area contributed by atoms with Crippen LogP contribution in [-0.4, -0.2) is 6.54 Å². The Hall–Kier alpha value is -1.39. The van der Waals surface area contributed by atoms with E-state index >= 15 is 0 Å². The quantitative estimate of drug-likeness (QED) is 0.886. The van der Waals surface area contributed by atoms with Crippen molar-refractivity contribution in [1.82, 2.24) is 0 Å². The lowest BCUT2D eigenvalue weighted by atomic mass is 10.1. The van der Waals surface area contributed by atoms with Gasteiger partial charge in [0.25, 0.3) is 0 Å². The summed E-state index contributed by atoms with van der Waals surface area (Å²) in [5, 5.41) is 1.97. The van der Waals surface area contributed by atoms with Crippen LogP contribution < -0.4 is 10.5 Å². The molecule has 0 aliphatic carbocycles. The molecule has 1 heterocycles. The van der Waals surface area contributed by atoms with Gasteiger partial charge in [0.2, 0.25) is 0 Å². The van der Waals surface area contributed by atoms with E-state index in [1.807, 2.05) is 23.6 Å². The summed E-state index contributed by atoms with van der Waals surface area (Å²) in [5.41, 5.74) is 6.32. The van der Waals surface area contributed by atoms with E-state index in [-0.39, 0.29) is 5.82 Å². The lowest BCUT2D eigenvalue weighted by Crippen LogP contribution is -2.06. The van der Waals surface area contributed by atoms with Gasteiger partial charge in [0, 0.05) is 4.88 Å². The summed E-state index contributed by atoms with van der Waals surface area (Å²) in [7, 11) is 0. The maximum Gasteiger partial charge on any atom is 0.165 e. The highest BCUT2D eigenvalue weighted by atomic mass is 32.1. The van der Waals surface area contributed by atoms with E-state index in [9.17, 15) is 4.39 Å². The number of benzene rings is 1. The highest BCUT2D eigenvalue weighted by Crippen LogP contribution is 2.24. The fourth-order valence-electron chi connectivity index (χ4n) is 1.61. The molecule has 2 N–H and O–H groups in total. The topological polar surface area (TPSA) is 35.2 Å². The van der Waals surface area contributed by atoms with Crippen LogP contribution in [0.15, 0.2) is 35.7 Å². The van der Waals surface area contributed by atoms with Gasteiger partial charge in [-0.15, -0.1) is 11.3 Å². The van der Waals surface area contributed by atoms with E-state index in [0.29, 0.717) is 25.3 Å². The van der Waals surface area contributed by atoms with Gasteiger partial charge in [0.15, 0.2) is 11.6 Å². The molecule has 0 fully saturated rings. The Balaban J connectivity index is 2.13. The molecular formula is C13H14FNOS. The van der Waals surface area contributed by atoms with E-state index < -0.39 is 0 Å². The fourth-order valence-corrected chi connectivity index (χ4v) is 2.22. The van der Waals surface area contributed by atoms with Crippen molar-refractivity contribution in [3.63, 3.8) is 0 Å². The van der Waals surface area contributed by atoms with E-state index in [4.69, 9.17) is 10.5 Å². The number of rotatable bonds is 5. The first-order chi connectivity index (χ1) is 8.31. The highest BCUT2D eigenvalue weighted by Gasteiger charge is 2.09. The Morgan fingerprint density at radius 1 is 1.24 bits per heavy atom. The Kier molecular flexibility index (Phi) is 4.12. The zero-order chi connectivity index (χ0) is 12.1. The zero-order valence-electron chi connectivity index (χ0n) is 9.36. The first-order valence-electron chi connectivity index (χ1n) is 5.44. The third-order valence-corrected chi connectivity index (χ3v) is 3.25. The minimum atomic E-state index is -0.326. The summed E-state index contributed by atoms with van der Waals surface area (Å²) in [4.78, 5) is 1.08. The molecule has 4 heteroatoms. The molecule has 17 heavy (non-hydrogen) atoms. The molecule has 0 aliphatic heterocycles. The number of nitrogens with two attached hydrogens (primary N) is 1. The van der Waals surface area contributed by atoms with Crippen molar-refractivity contribution >= 4 is 11.3 Å². The largest absolute Gasteiger partial charge is 0.485 e. The summed E-state index contributed by atoms with van der Waals surface area (Å²) < 4.78 is 19.2. The number of ether oxygens (including phenoxy) is 1. The molecule has 0 aliphatic rings. The van der Waals surface area contributed by atoms with Gasteiger partial charge < -0.3 is 10.5 Å². The summed E-state index contributed by atoms with van der Waals surface area (Å²) in [6.45, 7) is 0.884. The Morgan fingerprint density at radius 2 is 2.12 bits per heavy atom. The van der Waals surface area contributed by atoms with Crippen LogP contribution in [0.5, 0.6) is 5.75 Å². The van der Waals surface area contributed by atoms with Gasteiger partial charge >= 0.3 is 0 Å². The molecule has 90 valence electrons. The third kappa shape index (κ3) is 3.05. The molecule has 1 aromatic carbocycles. The molecular weight excluding hydrogens is 237 g/mol. The van der Waals surface area contributed by atoms with Crippen molar-refractivity contribution in [2.24, 2.45) is 5.73 Å². The Bertz CT molecular complexity index is 470. The molecule has 1 aromatic heterocycles. The second kappa shape index (κ2) is 5.80. The molecule has 0 saturated heterocycles. The van der Waals surface area contributed by atoms with Gasteiger partial charge in [0.05, 0.1) is 0 Å². The maximum atomic E-state index is 13.6. The molecule has 0 atom stereocenters. The average Bonchev–Trinajstić information content (AvgIpc) is 2.82. The van der Waals surface area contributed by atoms with Crippen molar-refractivity contribution in [3.8, 4) is 5.75 Å². The van der Waals surface area contributed by atoms with Crippen molar-refractivity contribution in [1.29, 1.82) is 0 Å². The molecule has 0 unspecified atom stereocenters. The van der Waals surface area contributed by atoms with Crippen LogP contribution in [0, 0.1) is 5.82 Å². The highest BCUT2D eigenvalue weighted by molar-refractivity contribution is 7.09. The second-order valence-corrected chi connectivity index (χ2v) is 4.67. The molecule has 0 bridgehead atoms. The van der Waals surface area contributed by atoms with Crippen molar-refractivity contribution in [3.05, 3.63) is 52.0 Å². The number of hydrogen-bond donors (Lipinski definition) is 1. The van der Waals surface area contributed by atoms with E-state index in [1.165, 1.54) is 6.07 Å². The van der Waals surface area contributed by atoms with E-state index in [0.717, 1.165) is 10.4 Å². The predicted octanol–water partition coefficient (Wildman–Crippen LogP) is 2.97. The van der Waals surface area contributed by atoms with Gasteiger partial charge in [-0.25, -0.2) is 4.39 Å². The average molecular weight is 251 g/mol. The van der Waals surface area contributed by atoms with Crippen LogP contribution in [0.3, 0.4) is 0 Å². The van der Waals surface area contributed by atoms with Gasteiger partial charge in [-0.1, -0.05) is 18.2 Å². The predicted molar refractivity (Wildman–Crippen MR) is 67.8 cm³/mol. The van der Waals surface area contributed by atoms with Crippen LogP contribution in [0.25, 0.3) is 0 Å². The van der Waals surface area contributed by atoms with Crippen molar-refractivity contribution in [2.75, 3.05) is 6.54 Å². The number of hydrogen-bond acceptors (Lipinski definition) is 3. The van der Waals surface area contributed by atoms with Gasteiger partial charge in [-0.2, -0.15) is 0 Å². The number of thiophene rings is 1. The lowest BCUT2D eigenvalue weighted by molar-refractivity contribution is 0.290. The van der Waals surface area contributed by atoms with Crippen LogP contribution in [0.4, 0.5) is 4.39 Å². The lowest BCUT2D eigenvalue weighted by Gasteiger charge is -2.11. The SMILES string of the molecule is NCCc1cccc(F)c1OCc1cccs1. The van der Waals surface area contributed by atoms with Crippen LogP contribution >= 0.6 is 11.3 Å². The normalized spacial score (nSPS) is 10.5. The first-order valence-corrected chi connectivity index (χ1v) is 6.32. The van der Waals surface area contributed by atoms with Crippen molar-refractivity contribution in [2.45, 2.75) is 13.0 Å². The minimum absolute atomic E-state index is 0.325.